The first kappa shape index (κ1) is 31.0. The molecule has 41 heavy (non-hydrogen) atoms. The number of aromatic nitrogens is 1. The third-order valence-corrected chi connectivity index (χ3v) is 7.67. The summed E-state index contributed by atoms with van der Waals surface area (Å²) in [5.41, 5.74) is 2.24. The molecule has 0 spiro atoms. The van der Waals surface area contributed by atoms with Crippen LogP contribution in [0.15, 0.2) is 53.9 Å². The molecule has 2 atom stereocenters. The molecular formula is C32H41ClN2O6. The fourth-order valence-electron chi connectivity index (χ4n) is 5.16. The van der Waals surface area contributed by atoms with Gasteiger partial charge in [0, 0.05) is 37.3 Å². The molecule has 1 aromatic heterocycles. The van der Waals surface area contributed by atoms with Crippen molar-refractivity contribution in [1.82, 2.24) is 9.88 Å². The van der Waals surface area contributed by atoms with E-state index in [-0.39, 0.29) is 36.7 Å². The van der Waals surface area contributed by atoms with Gasteiger partial charge in [-0.25, -0.2) is 9.78 Å². The van der Waals surface area contributed by atoms with Crippen LogP contribution in [-0.4, -0.2) is 59.3 Å². The zero-order valence-corrected chi connectivity index (χ0v) is 25.4. The molecule has 222 valence electrons. The van der Waals surface area contributed by atoms with E-state index in [1.807, 2.05) is 52.0 Å². The van der Waals surface area contributed by atoms with E-state index in [0.29, 0.717) is 36.2 Å². The molecule has 1 saturated heterocycles. The third-order valence-electron chi connectivity index (χ3n) is 7.45. The average molecular weight is 585 g/mol. The topological polar surface area (TPSA) is 87.2 Å². The van der Waals surface area contributed by atoms with Crippen molar-refractivity contribution < 1.29 is 28.5 Å². The van der Waals surface area contributed by atoms with Gasteiger partial charge >= 0.3 is 5.97 Å². The summed E-state index contributed by atoms with van der Waals surface area (Å²) >= 11 is 6.00. The van der Waals surface area contributed by atoms with Crippen LogP contribution in [0.1, 0.15) is 77.3 Å². The Labute approximate surface area is 248 Å². The minimum Gasteiger partial charge on any atom is -0.488 e. The zero-order chi connectivity index (χ0) is 29.6. The minimum absolute atomic E-state index is 0.0339. The van der Waals surface area contributed by atoms with E-state index in [0.717, 1.165) is 36.1 Å². The second kappa shape index (κ2) is 13.8. The molecule has 9 heteroatoms. The van der Waals surface area contributed by atoms with Gasteiger partial charge in [0.25, 0.3) is 0 Å². The van der Waals surface area contributed by atoms with Gasteiger partial charge in [-0.3, -0.25) is 4.79 Å². The van der Waals surface area contributed by atoms with Crippen LogP contribution < -0.4 is 4.74 Å². The number of halogens is 1. The summed E-state index contributed by atoms with van der Waals surface area (Å²) in [6.07, 6.45) is 4.53. The quantitative estimate of drug-likeness (QED) is 0.216. The number of hydrogen-bond acceptors (Lipinski definition) is 7. The van der Waals surface area contributed by atoms with Crippen molar-refractivity contribution in [2.75, 3.05) is 19.8 Å². The molecule has 0 radical (unpaired) electrons. The summed E-state index contributed by atoms with van der Waals surface area (Å²) in [5.74, 6) is -0.250. The lowest BCUT2D eigenvalue weighted by molar-refractivity contribution is -0.141. The third kappa shape index (κ3) is 8.53. The van der Waals surface area contributed by atoms with Gasteiger partial charge in [0.1, 0.15) is 23.1 Å². The maximum atomic E-state index is 13.6. The molecule has 0 unspecified atom stereocenters. The number of ether oxygens (including phenoxy) is 4. The van der Waals surface area contributed by atoms with Gasteiger partial charge < -0.3 is 23.8 Å². The van der Waals surface area contributed by atoms with E-state index >= 15 is 0 Å². The van der Waals surface area contributed by atoms with Gasteiger partial charge in [0.2, 0.25) is 5.91 Å². The Bertz CT molecular complexity index is 1220. The number of esters is 1. The molecule has 1 amide bonds. The standard InChI is InChI=1S/C32H41ClN2O6/c1-21(2)38-16-14-32(4,5)41-25-11-8-23(9-12-25)20-40-31(37)30-22(3)35(19-26-7-6-15-39-26)29(36)17-27(30)24-10-13-28(33)34-18-24/h8-13,18,21,26-27H,6-7,14-17,19-20H2,1-5H3/t26-,27+/m0/s1. The summed E-state index contributed by atoms with van der Waals surface area (Å²) in [4.78, 5) is 32.7. The highest BCUT2D eigenvalue weighted by Crippen LogP contribution is 2.38. The largest absolute Gasteiger partial charge is 0.488 e. The summed E-state index contributed by atoms with van der Waals surface area (Å²) in [5, 5.41) is 0.348. The van der Waals surface area contributed by atoms with E-state index in [1.54, 1.807) is 30.2 Å². The first-order chi connectivity index (χ1) is 19.5. The first-order valence-electron chi connectivity index (χ1n) is 14.3. The zero-order valence-electron chi connectivity index (χ0n) is 24.7. The molecule has 2 aliphatic rings. The normalized spacial score (nSPS) is 19.7. The number of hydrogen-bond donors (Lipinski definition) is 0. The number of carbonyl (C=O) groups is 2. The number of carbonyl (C=O) groups excluding carboxylic acids is 2. The number of allylic oxidation sites excluding steroid dienone is 1. The lowest BCUT2D eigenvalue weighted by Crippen LogP contribution is -2.42. The molecule has 3 heterocycles. The molecular weight excluding hydrogens is 544 g/mol. The molecule has 1 fully saturated rings. The minimum atomic E-state index is -0.474. The molecule has 4 rings (SSSR count). The van der Waals surface area contributed by atoms with Gasteiger partial charge in [0.05, 0.1) is 30.9 Å². The van der Waals surface area contributed by atoms with E-state index in [1.165, 1.54) is 0 Å². The summed E-state index contributed by atoms with van der Waals surface area (Å²) in [6, 6.07) is 11.0. The van der Waals surface area contributed by atoms with Crippen molar-refractivity contribution in [1.29, 1.82) is 0 Å². The highest BCUT2D eigenvalue weighted by molar-refractivity contribution is 6.29. The molecule has 0 saturated carbocycles. The molecule has 2 aromatic rings. The van der Waals surface area contributed by atoms with E-state index < -0.39 is 11.9 Å². The summed E-state index contributed by atoms with van der Waals surface area (Å²) in [6.45, 7) is 11.7. The van der Waals surface area contributed by atoms with Crippen LogP contribution in [0.3, 0.4) is 0 Å². The van der Waals surface area contributed by atoms with E-state index in [9.17, 15) is 9.59 Å². The van der Waals surface area contributed by atoms with Gasteiger partial charge in [-0.05, 0) is 76.8 Å². The average Bonchev–Trinajstić information content (AvgIpc) is 3.43. The second-order valence-electron chi connectivity index (χ2n) is 11.6. The lowest BCUT2D eigenvalue weighted by Gasteiger charge is -2.35. The van der Waals surface area contributed by atoms with Crippen LogP contribution in [-0.2, 0) is 30.4 Å². The smallest absolute Gasteiger partial charge is 0.336 e. The number of rotatable bonds is 12. The van der Waals surface area contributed by atoms with E-state index in [2.05, 4.69) is 4.98 Å². The molecule has 0 aliphatic carbocycles. The number of nitrogens with zero attached hydrogens (tertiary/aromatic N) is 2. The second-order valence-corrected chi connectivity index (χ2v) is 11.9. The fourth-order valence-corrected chi connectivity index (χ4v) is 5.27. The monoisotopic (exact) mass is 584 g/mol. The molecule has 0 bridgehead atoms. The van der Waals surface area contributed by atoms with Gasteiger partial charge in [0.15, 0.2) is 0 Å². The molecule has 1 aromatic carbocycles. The van der Waals surface area contributed by atoms with Crippen LogP contribution in [0.2, 0.25) is 5.15 Å². The van der Waals surface area contributed by atoms with Crippen molar-refractivity contribution in [2.24, 2.45) is 0 Å². The Balaban J connectivity index is 1.46. The predicted molar refractivity (Wildman–Crippen MR) is 157 cm³/mol. The highest BCUT2D eigenvalue weighted by Gasteiger charge is 2.38. The Morgan fingerprint density at radius 3 is 2.59 bits per heavy atom. The van der Waals surface area contributed by atoms with Crippen LogP contribution in [0.25, 0.3) is 0 Å². The molecule has 8 nitrogen and oxygen atoms in total. The van der Waals surface area contributed by atoms with Crippen LogP contribution in [0.5, 0.6) is 5.75 Å². The Kier molecular flexibility index (Phi) is 10.4. The number of pyridine rings is 1. The molecule has 2 aliphatic heterocycles. The van der Waals surface area contributed by atoms with Crippen LogP contribution in [0.4, 0.5) is 0 Å². The number of benzene rings is 1. The fraction of sp³-hybridized carbons (Fsp3) is 0.531. The maximum absolute atomic E-state index is 13.6. The van der Waals surface area contributed by atoms with Gasteiger partial charge in [-0.15, -0.1) is 0 Å². The van der Waals surface area contributed by atoms with Crippen molar-refractivity contribution in [3.63, 3.8) is 0 Å². The van der Waals surface area contributed by atoms with Crippen molar-refractivity contribution in [3.8, 4) is 5.75 Å². The first-order valence-corrected chi connectivity index (χ1v) is 14.7. The Morgan fingerprint density at radius 2 is 1.95 bits per heavy atom. The maximum Gasteiger partial charge on any atom is 0.336 e. The lowest BCUT2D eigenvalue weighted by atomic mass is 9.84. The van der Waals surface area contributed by atoms with E-state index in [4.69, 9.17) is 30.5 Å². The predicted octanol–water partition coefficient (Wildman–Crippen LogP) is 6.22. The number of amides is 1. The van der Waals surface area contributed by atoms with Gasteiger partial charge in [-0.2, -0.15) is 0 Å². The Hall–Kier alpha value is -2.94. The highest BCUT2D eigenvalue weighted by atomic mass is 35.5. The SMILES string of the molecule is CC1=C(C(=O)OCc2ccc(OC(C)(C)CCOC(C)C)cc2)[C@@H](c2ccc(Cl)nc2)CC(=O)N1C[C@@H]1CCCO1. The van der Waals surface area contributed by atoms with Crippen LogP contribution >= 0.6 is 11.6 Å². The van der Waals surface area contributed by atoms with Crippen molar-refractivity contribution in [2.45, 2.75) is 90.6 Å². The van der Waals surface area contributed by atoms with Crippen molar-refractivity contribution in [3.05, 3.63) is 70.1 Å². The Morgan fingerprint density at radius 1 is 1.20 bits per heavy atom. The van der Waals surface area contributed by atoms with Gasteiger partial charge in [-0.1, -0.05) is 29.8 Å². The van der Waals surface area contributed by atoms with Crippen LogP contribution in [0, 0.1) is 0 Å². The molecule has 0 N–H and O–H groups in total. The summed E-state index contributed by atoms with van der Waals surface area (Å²) in [7, 11) is 0. The van der Waals surface area contributed by atoms with Crippen molar-refractivity contribution >= 4 is 23.5 Å². The summed E-state index contributed by atoms with van der Waals surface area (Å²) < 4.78 is 23.4.